The molecule has 4 nitrogen and oxygen atoms in total. The van der Waals surface area contributed by atoms with Crippen LogP contribution in [0.1, 0.15) is 35.9 Å². The standard InChI is InChI=1S/C25H31N4S/c1-5-19-16-23-25(26-18-19)27-24(30-23)17-20-12-14-28(13-8-9-15-29(2,3)4)22-11-7-6-10-21(20)22/h6-7,10-12,14,16-18H,5,8-9,13,15H2,1-4H3/q+1. The number of hydrogen-bond donors (Lipinski definition) is 0. The first-order valence-corrected chi connectivity index (χ1v) is 11.6. The molecule has 0 amide bonds. The molecule has 3 heterocycles. The van der Waals surface area contributed by atoms with E-state index in [1.807, 2.05) is 6.20 Å². The number of pyridine rings is 1. The van der Waals surface area contributed by atoms with Crippen molar-refractivity contribution >= 4 is 39.0 Å². The Balaban J connectivity index is 1.55. The topological polar surface area (TPSA) is 29.0 Å². The van der Waals surface area contributed by atoms with Gasteiger partial charge in [-0.15, -0.1) is 11.3 Å². The number of hydrogen-bond acceptors (Lipinski definition) is 4. The number of fused-ring (bicyclic) bond motifs is 2. The van der Waals surface area contributed by atoms with Crippen molar-refractivity contribution in [2.24, 2.45) is 0 Å². The number of aryl methyl sites for hydroxylation is 1. The molecule has 1 aliphatic heterocycles. The quantitative estimate of drug-likeness (QED) is 0.368. The van der Waals surface area contributed by atoms with Crippen LogP contribution in [0.4, 0.5) is 5.69 Å². The van der Waals surface area contributed by atoms with Crippen molar-refractivity contribution < 1.29 is 4.48 Å². The zero-order valence-electron chi connectivity index (χ0n) is 18.4. The van der Waals surface area contributed by atoms with Crippen molar-refractivity contribution in [1.82, 2.24) is 9.97 Å². The smallest absolute Gasteiger partial charge is 0.170 e. The lowest BCUT2D eigenvalue weighted by atomic mass is 9.99. The van der Waals surface area contributed by atoms with Crippen molar-refractivity contribution in [2.75, 3.05) is 39.1 Å². The summed E-state index contributed by atoms with van der Waals surface area (Å²) in [7, 11) is 6.77. The molecule has 5 heteroatoms. The van der Waals surface area contributed by atoms with Crippen LogP contribution >= 0.6 is 11.3 Å². The molecule has 156 valence electrons. The van der Waals surface area contributed by atoms with E-state index in [1.54, 1.807) is 11.3 Å². The highest BCUT2D eigenvalue weighted by Gasteiger charge is 2.17. The molecule has 0 fully saturated rings. The number of aromatic nitrogens is 2. The van der Waals surface area contributed by atoms with Crippen LogP contribution in [-0.2, 0) is 6.42 Å². The van der Waals surface area contributed by atoms with Gasteiger partial charge >= 0.3 is 0 Å². The van der Waals surface area contributed by atoms with Crippen LogP contribution in [0.5, 0.6) is 0 Å². The van der Waals surface area contributed by atoms with Gasteiger partial charge in [-0.3, -0.25) is 0 Å². The Morgan fingerprint density at radius 3 is 2.77 bits per heavy atom. The Bertz CT molecular complexity index is 1090. The van der Waals surface area contributed by atoms with Gasteiger partial charge in [0, 0.05) is 30.2 Å². The van der Waals surface area contributed by atoms with Crippen LogP contribution in [0.15, 0.2) is 48.8 Å². The largest absolute Gasteiger partial charge is 0.347 e. The van der Waals surface area contributed by atoms with Crippen LogP contribution in [0.25, 0.3) is 22.0 Å². The second kappa shape index (κ2) is 8.70. The average Bonchev–Trinajstić information content (AvgIpc) is 3.13. The lowest BCUT2D eigenvalue weighted by Crippen LogP contribution is -2.35. The number of anilines is 1. The van der Waals surface area contributed by atoms with E-state index in [4.69, 9.17) is 4.98 Å². The van der Waals surface area contributed by atoms with E-state index in [-0.39, 0.29) is 0 Å². The SMILES string of the molecule is CCc1cnc2nc(C=C3C=CN(CCCC[N+](C)(C)C)c4ccccc43)sc2c1. The number of unbranched alkanes of at least 4 members (excludes halogenated alkanes) is 1. The molecule has 2 aromatic heterocycles. The van der Waals surface area contributed by atoms with Gasteiger partial charge in [-0.25, -0.2) is 9.97 Å². The molecule has 0 saturated carbocycles. The minimum absolute atomic E-state index is 0.844. The minimum atomic E-state index is 0.844. The van der Waals surface area contributed by atoms with E-state index >= 15 is 0 Å². The third-order valence-corrected chi connectivity index (χ3v) is 6.38. The van der Waals surface area contributed by atoms with Crippen LogP contribution in [-0.4, -0.2) is 48.7 Å². The van der Waals surface area contributed by atoms with E-state index in [9.17, 15) is 0 Å². The van der Waals surface area contributed by atoms with E-state index in [2.05, 4.69) is 86.6 Å². The van der Waals surface area contributed by atoms with Crippen LogP contribution in [0, 0.1) is 0 Å². The highest BCUT2D eigenvalue weighted by atomic mass is 32.1. The van der Waals surface area contributed by atoms with Gasteiger partial charge in [-0.2, -0.15) is 0 Å². The Morgan fingerprint density at radius 1 is 1.13 bits per heavy atom. The molecule has 4 rings (SSSR count). The average molecular weight is 420 g/mol. The lowest BCUT2D eigenvalue weighted by Gasteiger charge is -2.28. The maximum atomic E-state index is 4.74. The highest BCUT2D eigenvalue weighted by Crippen LogP contribution is 2.35. The first kappa shape index (κ1) is 20.8. The summed E-state index contributed by atoms with van der Waals surface area (Å²) in [6.07, 6.45) is 12.0. The van der Waals surface area contributed by atoms with Crippen LogP contribution in [0.3, 0.4) is 0 Å². The Labute approximate surface area is 183 Å². The molecule has 1 aromatic carbocycles. The summed E-state index contributed by atoms with van der Waals surface area (Å²) in [4.78, 5) is 11.6. The predicted molar refractivity (Wildman–Crippen MR) is 130 cm³/mol. The molecule has 0 radical (unpaired) electrons. The molecule has 3 aromatic rings. The molecular formula is C25H31N4S+. The molecule has 0 N–H and O–H groups in total. The van der Waals surface area contributed by atoms with Crippen LogP contribution < -0.4 is 4.90 Å². The fourth-order valence-electron chi connectivity index (χ4n) is 3.76. The summed E-state index contributed by atoms with van der Waals surface area (Å²) in [5, 5.41) is 1.01. The molecule has 0 atom stereocenters. The highest BCUT2D eigenvalue weighted by molar-refractivity contribution is 7.19. The molecule has 30 heavy (non-hydrogen) atoms. The first-order valence-electron chi connectivity index (χ1n) is 10.7. The number of benzene rings is 1. The molecular weight excluding hydrogens is 388 g/mol. The predicted octanol–water partition coefficient (Wildman–Crippen LogP) is 5.61. The van der Waals surface area contributed by atoms with E-state index in [0.717, 1.165) is 32.8 Å². The van der Waals surface area contributed by atoms with Crippen molar-refractivity contribution in [3.8, 4) is 0 Å². The van der Waals surface area contributed by atoms with Gasteiger partial charge in [-0.05, 0) is 54.7 Å². The van der Waals surface area contributed by atoms with Gasteiger partial charge < -0.3 is 9.38 Å². The third-order valence-electron chi connectivity index (χ3n) is 5.44. The summed E-state index contributed by atoms with van der Waals surface area (Å²) >= 11 is 1.72. The summed E-state index contributed by atoms with van der Waals surface area (Å²) in [5.74, 6) is 0. The van der Waals surface area contributed by atoms with Gasteiger partial charge in [0.1, 0.15) is 5.01 Å². The summed E-state index contributed by atoms with van der Waals surface area (Å²) in [6.45, 7) is 4.41. The van der Waals surface area contributed by atoms with Crippen molar-refractivity contribution in [3.05, 3.63) is 64.9 Å². The monoisotopic (exact) mass is 419 g/mol. The Kier molecular flexibility index (Phi) is 6.02. The third kappa shape index (κ3) is 4.79. The fourth-order valence-corrected chi connectivity index (χ4v) is 4.71. The molecule has 0 aliphatic carbocycles. The second-order valence-corrected chi connectivity index (χ2v) is 9.98. The number of allylic oxidation sites excluding steroid dienone is 2. The normalized spacial score (nSPS) is 15.2. The molecule has 0 unspecified atom stereocenters. The van der Waals surface area contributed by atoms with Gasteiger partial charge in [-0.1, -0.05) is 25.1 Å². The number of rotatable bonds is 7. The maximum Gasteiger partial charge on any atom is 0.170 e. The second-order valence-electron chi connectivity index (χ2n) is 8.92. The summed E-state index contributed by atoms with van der Waals surface area (Å²) < 4.78 is 2.18. The van der Waals surface area contributed by atoms with Gasteiger partial charge in [0.15, 0.2) is 5.65 Å². The molecule has 0 bridgehead atoms. The molecule has 0 spiro atoms. The maximum absolute atomic E-state index is 4.74. The summed E-state index contributed by atoms with van der Waals surface area (Å²) in [6, 6.07) is 10.9. The van der Waals surface area contributed by atoms with Gasteiger partial charge in [0.2, 0.25) is 0 Å². The zero-order valence-corrected chi connectivity index (χ0v) is 19.2. The number of nitrogens with zero attached hydrogens (tertiary/aromatic N) is 4. The van der Waals surface area contributed by atoms with E-state index in [0.29, 0.717) is 0 Å². The van der Waals surface area contributed by atoms with Crippen LogP contribution in [0.2, 0.25) is 0 Å². The Hall–Kier alpha value is -2.50. The van der Waals surface area contributed by atoms with Crippen molar-refractivity contribution in [3.63, 3.8) is 0 Å². The van der Waals surface area contributed by atoms with Crippen molar-refractivity contribution in [1.29, 1.82) is 0 Å². The van der Waals surface area contributed by atoms with Gasteiger partial charge in [0.25, 0.3) is 0 Å². The summed E-state index contributed by atoms with van der Waals surface area (Å²) in [5.41, 5.74) is 5.87. The fraction of sp³-hybridized carbons (Fsp3) is 0.360. The lowest BCUT2D eigenvalue weighted by molar-refractivity contribution is -0.870. The number of thiazole rings is 1. The number of quaternary nitrogens is 1. The zero-order chi connectivity index (χ0) is 21.1. The van der Waals surface area contributed by atoms with E-state index in [1.165, 1.54) is 41.8 Å². The van der Waals surface area contributed by atoms with Crippen molar-refractivity contribution in [2.45, 2.75) is 26.2 Å². The molecule has 0 saturated heterocycles. The minimum Gasteiger partial charge on any atom is -0.347 e. The first-order chi connectivity index (χ1) is 14.4. The number of para-hydroxylation sites is 1. The van der Waals surface area contributed by atoms with Gasteiger partial charge in [0.05, 0.1) is 32.4 Å². The molecule has 1 aliphatic rings. The Morgan fingerprint density at radius 2 is 1.97 bits per heavy atom. The van der Waals surface area contributed by atoms with E-state index < -0.39 is 0 Å².